The number of nitrogens with zero attached hydrogens (tertiary/aromatic N) is 1. The van der Waals surface area contributed by atoms with Crippen LogP contribution < -0.4 is 20.1 Å². The Kier molecular flexibility index (Phi) is 7.01. The van der Waals surface area contributed by atoms with Crippen LogP contribution in [0.3, 0.4) is 0 Å². The highest BCUT2D eigenvalue weighted by atomic mass is 16.5. The van der Waals surface area contributed by atoms with Crippen molar-refractivity contribution in [3.05, 3.63) is 54.3 Å². The average molecular weight is 466 g/mol. The summed E-state index contributed by atoms with van der Waals surface area (Å²) in [6.07, 6.45) is 1.44. The van der Waals surface area contributed by atoms with Crippen LogP contribution in [-0.2, 0) is 9.59 Å². The fourth-order valence-electron chi connectivity index (χ4n) is 3.99. The number of likely N-dealkylation sites (tertiary alicyclic amines) is 1. The number of piperidine rings is 1. The van der Waals surface area contributed by atoms with Crippen LogP contribution >= 0.6 is 0 Å². The van der Waals surface area contributed by atoms with Crippen LogP contribution in [-0.4, -0.2) is 56.5 Å². The summed E-state index contributed by atoms with van der Waals surface area (Å²) in [5.74, 6) is -0.204. The van der Waals surface area contributed by atoms with Crippen LogP contribution in [0.15, 0.2) is 52.9 Å². The Bertz CT molecular complexity index is 1160. The first-order valence-corrected chi connectivity index (χ1v) is 11.1. The van der Waals surface area contributed by atoms with Gasteiger partial charge in [-0.3, -0.25) is 14.4 Å². The number of ether oxygens (including phenoxy) is 2. The van der Waals surface area contributed by atoms with Gasteiger partial charge in [0, 0.05) is 31.1 Å². The van der Waals surface area contributed by atoms with Crippen molar-refractivity contribution in [1.29, 1.82) is 0 Å². The second kappa shape index (κ2) is 10.3. The van der Waals surface area contributed by atoms with Gasteiger partial charge in [0.2, 0.25) is 0 Å². The van der Waals surface area contributed by atoms with E-state index in [9.17, 15) is 14.4 Å². The zero-order valence-electron chi connectivity index (χ0n) is 19.1. The second-order valence-electron chi connectivity index (χ2n) is 8.11. The summed E-state index contributed by atoms with van der Waals surface area (Å²) >= 11 is 0. The lowest BCUT2D eigenvalue weighted by molar-refractivity contribution is -0.136. The predicted octanol–water partition coefficient (Wildman–Crippen LogP) is 3.06. The number of anilines is 1. The molecule has 0 atom stereocenters. The maximum Gasteiger partial charge on any atom is 0.313 e. The van der Waals surface area contributed by atoms with Gasteiger partial charge in [-0.25, -0.2) is 0 Å². The van der Waals surface area contributed by atoms with Crippen LogP contribution in [0.25, 0.3) is 11.0 Å². The van der Waals surface area contributed by atoms with E-state index in [1.807, 2.05) is 24.3 Å². The molecule has 3 aromatic rings. The summed E-state index contributed by atoms with van der Waals surface area (Å²) in [4.78, 5) is 39.2. The first-order chi connectivity index (χ1) is 16.5. The summed E-state index contributed by atoms with van der Waals surface area (Å²) < 4.78 is 16.1. The third-order valence-electron chi connectivity index (χ3n) is 5.95. The van der Waals surface area contributed by atoms with E-state index in [2.05, 4.69) is 10.6 Å². The molecule has 3 amide bonds. The molecule has 0 radical (unpaired) electrons. The molecule has 1 saturated heterocycles. The number of para-hydroxylation sites is 1. The molecule has 0 aliphatic carbocycles. The smallest absolute Gasteiger partial charge is 0.313 e. The molecule has 0 spiro atoms. The van der Waals surface area contributed by atoms with Gasteiger partial charge in [0.1, 0.15) is 17.1 Å². The van der Waals surface area contributed by atoms with E-state index in [0.717, 1.165) is 18.2 Å². The molecule has 9 nitrogen and oxygen atoms in total. The fraction of sp³-hybridized carbons (Fsp3) is 0.320. The molecule has 0 bridgehead atoms. The first-order valence-electron chi connectivity index (χ1n) is 11.1. The summed E-state index contributed by atoms with van der Waals surface area (Å²) in [5.41, 5.74) is 1.03. The van der Waals surface area contributed by atoms with E-state index in [4.69, 9.17) is 13.9 Å². The van der Waals surface area contributed by atoms with E-state index >= 15 is 0 Å². The summed E-state index contributed by atoms with van der Waals surface area (Å²) in [6, 6.07) is 14.2. The quantitative estimate of drug-likeness (QED) is 0.542. The zero-order chi connectivity index (χ0) is 24.1. The number of amides is 3. The normalized spacial score (nSPS) is 14.0. The van der Waals surface area contributed by atoms with Gasteiger partial charge >= 0.3 is 11.8 Å². The van der Waals surface area contributed by atoms with Gasteiger partial charge in [0.05, 0.1) is 19.9 Å². The van der Waals surface area contributed by atoms with Gasteiger partial charge in [-0.05, 0) is 43.0 Å². The van der Waals surface area contributed by atoms with Crippen LogP contribution in [0, 0.1) is 5.92 Å². The minimum absolute atomic E-state index is 0.134. The molecule has 1 fully saturated rings. The highest BCUT2D eigenvalue weighted by Crippen LogP contribution is 2.29. The number of rotatable bonds is 6. The third-order valence-corrected chi connectivity index (χ3v) is 5.95. The Morgan fingerprint density at radius 1 is 1.00 bits per heavy atom. The maximum absolute atomic E-state index is 12.8. The van der Waals surface area contributed by atoms with Crippen LogP contribution in [0.1, 0.15) is 23.4 Å². The topological polar surface area (TPSA) is 110 Å². The molecule has 1 aliphatic heterocycles. The predicted molar refractivity (Wildman–Crippen MR) is 126 cm³/mol. The Morgan fingerprint density at radius 3 is 2.47 bits per heavy atom. The fourth-order valence-corrected chi connectivity index (χ4v) is 3.99. The minimum atomic E-state index is -0.788. The lowest BCUT2D eigenvalue weighted by atomic mass is 9.96. The van der Waals surface area contributed by atoms with E-state index in [-0.39, 0.29) is 11.8 Å². The average Bonchev–Trinajstić information content (AvgIpc) is 3.31. The molecule has 1 aromatic heterocycles. The lowest BCUT2D eigenvalue weighted by Crippen LogP contribution is -2.43. The van der Waals surface area contributed by atoms with Crippen LogP contribution in [0.4, 0.5) is 5.69 Å². The Morgan fingerprint density at radius 2 is 1.76 bits per heavy atom. The monoisotopic (exact) mass is 465 g/mol. The lowest BCUT2D eigenvalue weighted by Gasteiger charge is -2.31. The van der Waals surface area contributed by atoms with Gasteiger partial charge < -0.3 is 29.4 Å². The number of hydrogen-bond donors (Lipinski definition) is 2. The molecule has 9 heteroatoms. The Hall–Kier alpha value is -4.01. The van der Waals surface area contributed by atoms with Crippen molar-refractivity contribution in [1.82, 2.24) is 10.2 Å². The largest absolute Gasteiger partial charge is 0.497 e. The highest BCUT2D eigenvalue weighted by molar-refractivity contribution is 6.39. The van der Waals surface area contributed by atoms with Crippen molar-refractivity contribution in [2.45, 2.75) is 12.8 Å². The SMILES string of the molecule is COc1ccc(OC)c(NC(=O)C(=O)NCC2CCN(C(=O)c3cc4ccccc4o3)CC2)c1. The summed E-state index contributed by atoms with van der Waals surface area (Å²) in [7, 11) is 2.98. The minimum Gasteiger partial charge on any atom is -0.497 e. The maximum atomic E-state index is 12.8. The number of hydrogen-bond acceptors (Lipinski definition) is 6. The Labute approximate surface area is 197 Å². The van der Waals surface area contributed by atoms with E-state index < -0.39 is 11.8 Å². The molecule has 2 N–H and O–H groups in total. The van der Waals surface area contributed by atoms with Gasteiger partial charge in [-0.1, -0.05) is 18.2 Å². The summed E-state index contributed by atoms with van der Waals surface area (Å²) in [5, 5.41) is 6.14. The van der Waals surface area contributed by atoms with Crippen molar-refractivity contribution in [2.24, 2.45) is 5.92 Å². The van der Waals surface area contributed by atoms with Gasteiger partial charge in [0.25, 0.3) is 5.91 Å². The molecular formula is C25H27N3O6. The molecule has 0 unspecified atom stereocenters. The van der Waals surface area contributed by atoms with Gasteiger partial charge in [-0.15, -0.1) is 0 Å². The summed E-state index contributed by atoms with van der Waals surface area (Å²) in [6.45, 7) is 1.47. The zero-order valence-corrected chi connectivity index (χ0v) is 19.1. The van der Waals surface area contributed by atoms with Gasteiger partial charge in [0.15, 0.2) is 5.76 Å². The molecule has 4 rings (SSSR count). The molecule has 2 aromatic carbocycles. The van der Waals surface area contributed by atoms with Crippen molar-refractivity contribution < 1.29 is 28.3 Å². The Balaban J connectivity index is 1.25. The first kappa shape index (κ1) is 23.2. The van der Waals surface area contributed by atoms with E-state index in [0.29, 0.717) is 48.2 Å². The van der Waals surface area contributed by atoms with Crippen molar-refractivity contribution >= 4 is 34.4 Å². The number of fused-ring (bicyclic) bond motifs is 1. The standard InChI is InChI=1S/C25H27N3O6/c1-32-18-7-8-21(33-2)19(14-18)27-24(30)23(29)26-15-16-9-11-28(12-10-16)25(31)22-13-17-5-3-4-6-20(17)34-22/h3-8,13-14,16H,9-12,15H2,1-2H3,(H,26,29)(H,27,30). The molecule has 1 aliphatic rings. The van der Waals surface area contributed by atoms with Crippen molar-refractivity contribution in [2.75, 3.05) is 39.2 Å². The van der Waals surface area contributed by atoms with Crippen molar-refractivity contribution in [3.8, 4) is 11.5 Å². The number of furan rings is 1. The number of methoxy groups -OCH3 is 2. The van der Waals surface area contributed by atoms with Crippen LogP contribution in [0.5, 0.6) is 11.5 Å². The van der Waals surface area contributed by atoms with Crippen molar-refractivity contribution in [3.63, 3.8) is 0 Å². The third kappa shape index (κ3) is 5.14. The number of nitrogens with one attached hydrogen (secondary N) is 2. The molecular weight excluding hydrogens is 438 g/mol. The van der Waals surface area contributed by atoms with Crippen LogP contribution in [0.2, 0.25) is 0 Å². The number of benzene rings is 2. The second-order valence-corrected chi connectivity index (χ2v) is 8.11. The highest BCUT2D eigenvalue weighted by Gasteiger charge is 2.26. The molecule has 2 heterocycles. The molecule has 178 valence electrons. The number of carbonyl (C=O) groups is 3. The van der Waals surface area contributed by atoms with E-state index in [1.165, 1.54) is 14.2 Å². The van der Waals surface area contributed by atoms with Gasteiger partial charge in [-0.2, -0.15) is 0 Å². The molecule has 0 saturated carbocycles. The number of carbonyl (C=O) groups excluding carboxylic acids is 3. The molecule has 34 heavy (non-hydrogen) atoms. The van der Waals surface area contributed by atoms with E-state index in [1.54, 1.807) is 29.2 Å².